The molecule has 0 aliphatic carbocycles. The molecule has 1 aromatic rings. The van der Waals surface area contributed by atoms with Crippen molar-refractivity contribution >= 4 is 5.97 Å². The van der Waals surface area contributed by atoms with Gasteiger partial charge in [0.1, 0.15) is 5.75 Å². The smallest absolute Gasteiger partial charge is 0.347 e. The SMILES string of the molecule is CCOC(=O)C1Cc2ccc(CO)cc2O1. The van der Waals surface area contributed by atoms with Gasteiger partial charge in [-0.2, -0.15) is 0 Å². The number of esters is 1. The predicted octanol–water partition coefficient (Wildman–Crippen LogP) is 1.05. The standard InChI is InChI=1S/C12H14O4/c1-2-15-12(14)11-6-9-4-3-8(7-13)5-10(9)16-11/h3-5,11,13H,2,6-7H2,1H3. The van der Waals surface area contributed by atoms with Crippen molar-refractivity contribution in [2.45, 2.75) is 26.1 Å². The summed E-state index contributed by atoms with van der Waals surface area (Å²) in [5.74, 6) is 0.342. The van der Waals surface area contributed by atoms with E-state index in [-0.39, 0.29) is 12.6 Å². The van der Waals surface area contributed by atoms with Gasteiger partial charge in [0.05, 0.1) is 13.2 Å². The van der Waals surface area contributed by atoms with Gasteiger partial charge < -0.3 is 14.6 Å². The Morgan fingerprint density at radius 1 is 1.62 bits per heavy atom. The average molecular weight is 222 g/mol. The molecule has 0 fully saturated rings. The summed E-state index contributed by atoms with van der Waals surface area (Å²) in [7, 11) is 0. The predicted molar refractivity (Wildman–Crippen MR) is 57.1 cm³/mol. The van der Waals surface area contributed by atoms with E-state index in [4.69, 9.17) is 14.6 Å². The second-order valence-electron chi connectivity index (χ2n) is 3.66. The second-order valence-corrected chi connectivity index (χ2v) is 3.66. The van der Waals surface area contributed by atoms with Crippen LogP contribution >= 0.6 is 0 Å². The Balaban J connectivity index is 2.11. The minimum atomic E-state index is -0.538. The molecule has 1 unspecified atom stereocenters. The minimum absolute atomic E-state index is 0.0271. The minimum Gasteiger partial charge on any atom is -0.478 e. The van der Waals surface area contributed by atoms with Crippen LogP contribution in [0.4, 0.5) is 0 Å². The number of carbonyl (C=O) groups excluding carboxylic acids is 1. The van der Waals surface area contributed by atoms with Crippen LogP contribution in [0.5, 0.6) is 5.75 Å². The Hall–Kier alpha value is -1.55. The highest BCUT2D eigenvalue weighted by Crippen LogP contribution is 2.30. The lowest BCUT2D eigenvalue weighted by atomic mass is 10.1. The molecule has 0 saturated carbocycles. The van der Waals surface area contributed by atoms with E-state index >= 15 is 0 Å². The number of carbonyl (C=O) groups is 1. The zero-order chi connectivity index (χ0) is 11.5. The number of fused-ring (bicyclic) bond motifs is 1. The van der Waals surface area contributed by atoms with Crippen molar-refractivity contribution in [3.8, 4) is 5.75 Å². The maximum atomic E-state index is 11.5. The van der Waals surface area contributed by atoms with Crippen LogP contribution in [0.2, 0.25) is 0 Å². The Kier molecular flexibility index (Phi) is 3.10. The van der Waals surface area contributed by atoms with Gasteiger partial charge >= 0.3 is 5.97 Å². The van der Waals surface area contributed by atoms with Gasteiger partial charge in [-0.25, -0.2) is 4.79 Å². The first-order valence-corrected chi connectivity index (χ1v) is 5.30. The number of hydrogen-bond acceptors (Lipinski definition) is 4. The van der Waals surface area contributed by atoms with Crippen LogP contribution in [0.3, 0.4) is 0 Å². The van der Waals surface area contributed by atoms with Crippen molar-refractivity contribution in [2.24, 2.45) is 0 Å². The average Bonchev–Trinajstić information content (AvgIpc) is 2.71. The van der Waals surface area contributed by atoms with E-state index in [1.54, 1.807) is 13.0 Å². The Morgan fingerprint density at radius 3 is 3.12 bits per heavy atom. The van der Waals surface area contributed by atoms with Gasteiger partial charge in [-0.1, -0.05) is 12.1 Å². The fourth-order valence-electron chi connectivity index (χ4n) is 1.74. The molecule has 16 heavy (non-hydrogen) atoms. The normalized spacial score (nSPS) is 17.8. The van der Waals surface area contributed by atoms with E-state index in [0.717, 1.165) is 11.1 Å². The molecule has 0 aromatic heterocycles. The molecule has 0 amide bonds. The molecule has 1 aromatic carbocycles. The monoisotopic (exact) mass is 222 g/mol. The molecule has 4 heteroatoms. The molecule has 1 atom stereocenters. The number of ether oxygens (including phenoxy) is 2. The summed E-state index contributed by atoms with van der Waals surface area (Å²) in [6.07, 6.45) is 0.00348. The van der Waals surface area contributed by atoms with Gasteiger partial charge in [0.25, 0.3) is 0 Å². The highest BCUT2D eigenvalue weighted by molar-refractivity contribution is 5.76. The van der Waals surface area contributed by atoms with Crippen LogP contribution in [0.1, 0.15) is 18.1 Å². The zero-order valence-electron chi connectivity index (χ0n) is 9.10. The quantitative estimate of drug-likeness (QED) is 0.776. The number of benzene rings is 1. The maximum Gasteiger partial charge on any atom is 0.347 e. The molecule has 0 radical (unpaired) electrons. The van der Waals surface area contributed by atoms with Gasteiger partial charge in [0.2, 0.25) is 0 Å². The summed E-state index contributed by atoms with van der Waals surface area (Å²) in [6, 6.07) is 5.46. The van der Waals surface area contributed by atoms with Crippen LogP contribution in [0.25, 0.3) is 0 Å². The molecule has 0 bridgehead atoms. The summed E-state index contributed by atoms with van der Waals surface area (Å²) >= 11 is 0. The number of rotatable bonds is 3. The van der Waals surface area contributed by atoms with Crippen LogP contribution < -0.4 is 4.74 Å². The highest BCUT2D eigenvalue weighted by atomic mass is 16.6. The van der Waals surface area contributed by atoms with Crippen LogP contribution in [-0.2, 0) is 22.6 Å². The largest absolute Gasteiger partial charge is 0.478 e. The van der Waals surface area contributed by atoms with Crippen LogP contribution in [0, 0.1) is 0 Å². The van der Waals surface area contributed by atoms with Gasteiger partial charge in [-0.05, 0) is 24.1 Å². The molecule has 2 rings (SSSR count). The van der Waals surface area contributed by atoms with E-state index in [0.29, 0.717) is 18.8 Å². The molecule has 86 valence electrons. The third-order valence-corrected chi connectivity index (χ3v) is 2.54. The van der Waals surface area contributed by atoms with Crippen LogP contribution in [-0.4, -0.2) is 23.8 Å². The molecule has 0 saturated heterocycles. The van der Waals surface area contributed by atoms with E-state index in [9.17, 15) is 4.79 Å². The van der Waals surface area contributed by atoms with Crippen molar-refractivity contribution in [1.82, 2.24) is 0 Å². The third kappa shape index (κ3) is 2.02. The summed E-state index contributed by atoms with van der Waals surface area (Å²) in [5.41, 5.74) is 1.76. The van der Waals surface area contributed by atoms with E-state index in [1.165, 1.54) is 0 Å². The van der Waals surface area contributed by atoms with Gasteiger partial charge in [0.15, 0.2) is 6.10 Å². The first-order chi connectivity index (χ1) is 7.74. The van der Waals surface area contributed by atoms with E-state index < -0.39 is 6.10 Å². The molecule has 0 spiro atoms. The fraction of sp³-hybridized carbons (Fsp3) is 0.417. The molecular weight excluding hydrogens is 208 g/mol. The lowest BCUT2D eigenvalue weighted by molar-refractivity contribution is -0.150. The van der Waals surface area contributed by atoms with Gasteiger partial charge in [0, 0.05) is 6.42 Å². The molecule has 1 aliphatic rings. The topological polar surface area (TPSA) is 55.8 Å². The molecular formula is C12H14O4. The maximum absolute atomic E-state index is 11.5. The summed E-state index contributed by atoms with van der Waals surface area (Å²) in [6.45, 7) is 2.10. The van der Waals surface area contributed by atoms with Crippen molar-refractivity contribution in [3.63, 3.8) is 0 Å². The Labute approximate surface area is 93.8 Å². The number of aliphatic hydroxyl groups excluding tert-OH is 1. The van der Waals surface area contributed by atoms with E-state index in [2.05, 4.69) is 0 Å². The molecule has 1 N–H and O–H groups in total. The summed E-state index contributed by atoms with van der Waals surface area (Å²) < 4.78 is 10.4. The lowest BCUT2D eigenvalue weighted by Gasteiger charge is -2.08. The Morgan fingerprint density at radius 2 is 2.44 bits per heavy atom. The highest BCUT2D eigenvalue weighted by Gasteiger charge is 2.30. The van der Waals surface area contributed by atoms with Crippen molar-refractivity contribution < 1.29 is 19.4 Å². The molecule has 1 aliphatic heterocycles. The molecule has 4 nitrogen and oxygen atoms in total. The lowest BCUT2D eigenvalue weighted by Crippen LogP contribution is -2.27. The van der Waals surface area contributed by atoms with E-state index in [1.807, 2.05) is 12.1 Å². The zero-order valence-corrected chi connectivity index (χ0v) is 9.10. The number of aliphatic hydroxyl groups is 1. The second kappa shape index (κ2) is 4.53. The van der Waals surface area contributed by atoms with Crippen molar-refractivity contribution in [3.05, 3.63) is 29.3 Å². The van der Waals surface area contributed by atoms with Crippen molar-refractivity contribution in [2.75, 3.05) is 6.61 Å². The van der Waals surface area contributed by atoms with Crippen LogP contribution in [0.15, 0.2) is 18.2 Å². The summed E-state index contributed by atoms with van der Waals surface area (Å²) in [4.78, 5) is 11.5. The summed E-state index contributed by atoms with van der Waals surface area (Å²) in [5, 5.41) is 8.98. The first-order valence-electron chi connectivity index (χ1n) is 5.30. The fourth-order valence-corrected chi connectivity index (χ4v) is 1.74. The first kappa shape index (κ1) is 11.0. The molecule has 1 heterocycles. The Bertz CT molecular complexity index is 400. The van der Waals surface area contributed by atoms with Gasteiger partial charge in [-0.3, -0.25) is 0 Å². The third-order valence-electron chi connectivity index (χ3n) is 2.54. The number of hydrogen-bond donors (Lipinski definition) is 1. The van der Waals surface area contributed by atoms with Gasteiger partial charge in [-0.15, -0.1) is 0 Å². The van der Waals surface area contributed by atoms with Crippen molar-refractivity contribution in [1.29, 1.82) is 0 Å².